The SMILES string of the molecule is Cc1ccc(-n2c(-c3cc(C(C)(C)C)cc(C)c3O)nc3c(-c4[c-]c(-c5cc(-c6ccc(C(C)(C)C)cc6)ccn5)cc(C(C)(C)C)c4)cccc32)c(-c2ccccc2)c1.[Pt]. The van der Waals surface area contributed by atoms with Crippen LogP contribution in [0.3, 0.4) is 0 Å². The third-order valence-electron chi connectivity index (χ3n) is 11.7. The summed E-state index contributed by atoms with van der Waals surface area (Å²) in [5.41, 5.74) is 17.0. The van der Waals surface area contributed by atoms with Gasteiger partial charge in [0.1, 0.15) is 11.6 Å². The van der Waals surface area contributed by atoms with Crippen molar-refractivity contribution in [1.29, 1.82) is 0 Å². The molecule has 5 heteroatoms. The number of nitrogens with zero attached hydrogens (tertiary/aromatic N) is 3. The second-order valence-corrected chi connectivity index (χ2v) is 19.5. The zero-order valence-electron chi connectivity index (χ0n) is 37.3. The first-order valence-corrected chi connectivity index (χ1v) is 21.0. The number of hydrogen-bond acceptors (Lipinski definition) is 3. The Hall–Kier alpha value is -5.57. The predicted molar refractivity (Wildman–Crippen MR) is 252 cm³/mol. The van der Waals surface area contributed by atoms with Gasteiger partial charge in [-0.25, -0.2) is 4.98 Å². The standard InChI is InChI=1S/C56H56N3O.Pt/c1-35-20-25-49(46(28-35)38-16-13-12-14-17-38)59-50-19-15-18-45(51(50)58-53(59)47-34-43(55(6,7)8)29-36(2)52(47)60)40-30-41(32-44(31-40)56(9,10)11)48-33-39(26-27-57-48)37-21-23-42(24-22-37)54(3,4)5;/h12-29,31-34,60H,1-11H3;/q-1;. The van der Waals surface area contributed by atoms with Crippen LogP contribution in [0, 0.1) is 19.9 Å². The van der Waals surface area contributed by atoms with Crippen LogP contribution >= 0.6 is 0 Å². The van der Waals surface area contributed by atoms with Gasteiger partial charge in [0.25, 0.3) is 0 Å². The van der Waals surface area contributed by atoms with E-state index in [1.165, 1.54) is 16.7 Å². The number of hydrogen-bond donors (Lipinski definition) is 1. The largest absolute Gasteiger partial charge is 0.507 e. The monoisotopic (exact) mass is 981 g/mol. The first-order chi connectivity index (χ1) is 28.4. The molecule has 6 aromatic carbocycles. The quantitative estimate of drug-likeness (QED) is 0.169. The third-order valence-corrected chi connectivity index (χ3v) is 11.7. The van der Waals surface area contributed by atoms with E-state index < -0.39 is 0 Å². The number of phenolic OH excluding ortho intramolecular Hbond substituents is 1. The molecule has 312 valence electrons. The average Bonchev–Trinajstić information content (AvgIpc) is 3.60. The maximum atomic E-state index is 11.9. The van der Waals surface area contributed by atoms with Crippen LogP contribution in [0.25, 0.3) is 72.7 Å². The summed E-state index contributed by atoms with van der Waals surface area (Å²) in [6.07, 6.45) is 1.90. The molecule has 8 aromatic rings. The summed E-state index contributed by atoms with van der Waals surface area (Å²) in [7, 11) is 0. The fourth-order valence-electron chi connectivity index (χ4n) is 8.02. The predicted octanol–water partition coefficient (Wildman–Crippen LogP) is 14.8. The van der Waals surface area contributed by atoms with Crippen molar-refractivity contribution >= 4 is 11.0 Å². The molecule has 0 fully saturated rings. The zero-order valence-corrected chi connectivity index (χ0v) is 39.6. The van der Waals surface area contributed by atoms with Crippen LogP contribution in [0.15, 0.2) is 134 Å². The molecule has 0 aliphatic rings. The van der Waals surface area contributed by atoms with Crippen LogP contribution in [0.5, 0.6) is 5.75 Å². The molecule has 0 aliphatic heterocycles. The number of aryl methyl sites for hydroxylation is 2. The summed E-state index contributed by atoms with van der Waals surface area (Å²) < 4.78 is 2.24. The van der Waals surface area contributed by atoms with Crippen molar-refractivity contribution in [2.75, 3.05) is 0 Å². The van der Waals surface area contributed by atoms with Crippen LogP contribution in [-0.2, 0) is 37.3 Å². The molecule has 4 nitrogen and oxygen atoms in total. The molecular weight excluding hydrogens is 926 g/mol. The Morgan fingerprint density at radius 1 is 0.541 bits per heavy atom. The van der Waals surface area contributed by atoms with Crippen molar-refractivity contribution in [2.45, 2.75) is 92.4 Å². The number of aromatic hydroxyl groups is 1. The van der Waals surface area contributed by atoms with Gasteiger partial charge in [-0.3, -0.25) is 9.55 Å². The Kier molecular flexibility index (Phi) is 11.7. The maximum absolute atomic E-state index is 11.9. The molecule has 0 saturated heterocycles. The summed E-state index contributed by atoms with van der Waals surface area (Å²) in [6.45, 7) is 24.2. The Bertz CT molecular complexity index is 2880. The minimum atomic E-state index is -0.152. The van der Waals surface area contributed by atoms with E-state index in [0.29, 0.717) is 11.4 Å². The van der Waals surface area contributed by atoms with Crippen LogP contribution in [0.2, 0.25) is 0 Å². The van der Waals surface area contributed by atoms with Crippen molar-refractivity contribution in [3.63, 3.8) is 0 Å². The molecule has 0 unspecified atom stereocenters. The van der Waals surface area contributed by atoms with E-state index in [0.717, 1.165) is 72.5 Å². The third kappa shape index (κ3) is 8.66. The fraction of sp³-hybridized carbons (Fsp3) is 0.250. The van der Waals surface area contributed by atoms with Gasteiger partial charge in [-0.05, 0) is 93.8 Å². The molecule has 0 spiro atoms. The molecule has 1 N–H and O–H groups in total. The molecule has 2 aromatic heterocycles. The number of phenols is 1. The number of benzene rings is 6. The van der Waals surface area contributed by atoms with Crippen molar-refractivity contribution in [3.05, 3.63) is 167 Å². The first kappa shape index (κ1) is 43.5. The van der Waals surface area contributed by atoms with Crippen LogP contribution < -0.4 is 0 Å². The molecule has 0 aliphatic carbocycles. The van der Waals surface area contributed by atoms with E-state index in [4.69, 9.17) is 9.97 Å². The van der Waals surface area contributed by atoms with Gasteiger partial charge in [0.2, 0.25) is 0 Å². The summed E-state index contributed by atoms with van der Waals surface area (Å²) in [5.74, 6) is 0.918. The van der Waals surface area contributed by atoms with E-state index in [1.54, 1.807) is 0 Å². The second-order valence-electron chi connectivity index (χ2n) is 19.5. The minimum Gasteiger partial charge on any atom is -0.507 e. The minimum absolute atomic E-state index is 0. The van der Waals surface area contributed by atoms with Crippen molar-refractivity contribution in [3.8, 4) is 67.5 Å². The molecular formula is C56H56N3OPt-. The van der Waals surface area contributed by atoms with E-state index >= 15 is 0 Å². The normalized spacial score (nSPS) is 12.1. The summed E-state index contributed by atoms with van der Waals surface area (Å²) in [5, 5.41) is 11.9. The molecule has 0 saturated carbocycles. The van der Waals surface area contributed by atoms with Crippen molar-refractivity contribution in [2.24, 2.45) is 0 Å². The molecule has 0 bridgehead atoms. The number of para-hydroxylation sites is 1. The van der Waals surface area contributed by atoms with Crippen LogP contribution in [0.1, 0.15) is 90.1 Å². The summed E-state index contributed by atoms with van der Waals surface area (Å²) in [6, 6.07) is 49.2. The number of rotatable bonds is 6. The molecule has 8 rings (SSSR count). The number of imidazole rings is 1. The second kappa shape index (κ2) is 16.4. The number of aromatic nitrogens is 3. The van der Waals surface area contributed by atoms with Gasteiger partial charge >= 0.3 is 0 Å². The topological polar surface area (TPSA) is 50.9 Å². The van der Waals surface area contributed by atoms with Gasteiger partial charge in [-0.15, -0.1) is 29.3 Å². The van der Waals surface area contributed by atoms with Crippen molar-refractivity contribution in [1.82, 2.24) is 14.5 Å². The maximum Gasteiger partial charge on any atom is 0.148 e. The first-order valence-electron chi connectivity index (χ1n) is 21.0. The van der Waals surface area contributed by atoms with E-state index in [2.05, 4.69) is 207 Å². The smallest absolute Gasteiger partial charge is 0.148 e. The van der Waals surface area contributed by atoms with E-state index in [1.807, 2.05) is 13.1 Å². The average molecular weight is 982 g/mol. The van der Waals surface area contributed by atoms with Crippen LogP contribution in [-0.4, -0.2) is 19.6 Å². The number of fused-ring (bicyclic) bond motifs is 1. The Balaban J connectivity index is 0.00000561. The van der Waals surface area contributed by atoms with Gasteiger partial charge < -0.3 is 5.11 Å². The van der Waals surface area contributed by atoms with Crippen LogP contribution in [0.4, 0.5) is 0 Å². The van der Waals surface area contributed by atoms with Gasteiger partial charge in [-0.1, -0.05) is 164 Å². The Morgan fingerprint density at radius 3 is 1.87 bits per heavy atom. The summed E-state index contributed by atoms with van der Waals surface area (Å²) in [4.78, 5) is 10.5. The Labute approximate surface area is 377 Å². The van der Waals surface area contributed by atoms with E-state index in [9.17, 15) is 5.11 Å². The van der Waals surface area contributed by atoms with E-state index in [-0.39, 0.29) is 43.1 Å². The van der Waals surface area contributed by atoms with Crippen molar-refractivity contribution < 1.29 is 26.2 Å². The summed E-state index contributed by atoms with van der Waals surface area (Å²) >= 11 is 0. The van der Waals surface area contributed by atoms with Gasteiger partial charge in [-0.2, -0.15) is 0 Å². The molecule has 61 heavy (non-hydrogen) atoms. The Morgan fingerprint density at radius 2 is 1.20 bits per heavy atom. The molecule has 2 heterocycles. The van der Waals surface area contributed by atoms with Gasteiger partial charge in [0.05, 0.1) is 22.3 Å². The van der Waals surface area contributed by atoms with Gasteiger partial charge in [0.15, 0.2) is 0 Å². The number of pyridine rings is 1. The molecule has 0 amide bonds. The molecule has 0 atom stereocenters. The fourth-order valence-corrected chi connectivity index (χ4v) is 8.02. The van der Waals surface area contributed by atoms with Gasteiger partial charge in [0, 0.05) is 38.5 Å². The zero-order chi connectivity index (χ0) is 42.7. The molecule has 0 radical (unpaired) electrons.